The second kappa shape index (κ2) is 6.34. The highest BCUT2D eigenvalue weighted by Crippen LogP contribution is 2.19. The first-order valence-corrected chi connectivity index (χ1v) is 6.54. The predicted octanol–water partition coefficient (Wildman–Crippen LogP) is 1.51. The van der Waals surface area contributed by atoms with Crippen LogP contribution in [-0.2, 0) is 4.74 Å². The summed E-state index contributed by atoms with van der Waals surface area (Å²) < 4.78 is 5.56. The molecule has 0 aromatic rings. The highest BCUT2D eigenvalue weighted by Gasteiger charge is 2.28. The van der Waals surface area contributed by atoms with Crippen LogP contribution in [0.5, 0.6) is 0 Å². The molecule has 1 aliphatic rings. The molecular formula is C13H25N3O. The first-order chi connectivity index (χ1) is 8.02. The molecule has 0 radical (unpaired) electrons. The number of hydrogen-bond acceptors (Lipinski definition) is 4. The third-order valence-corrected chi connectivity index (χ3v) is 3.89. The Morgan fingerprint density at radius 3 is 2.76 bits per heavy atom. The Hall–Kier alpha value is -0.630. The average molecular weight is 239 g/mol. The van der Waals surface area contributed by atoms with Crippen LogP contribution < -0.4 is 5.73 Å². The summed E-state index contributed by atoms with van der Waals surface area (Å²) in [6.45, 7) is 5.95. The van der Waals surface area contributed by atoms with Gasteiger partial charge in [-0.1, -0.05) is 6.92 Å². The lowest BCUT2D eigenvalue weighted by atomic mass is 9.93. The molecule has 1 heterocycles. The van der Waals surface area contributed by atoms with Gasteiger partial charge in [-0.05, 0) is 46.2 Å². The van der Waals surface area contributed by atoms with Crippen LogP contribution in [0.2, 0.25) is 0 Å². The van der Waals surface area contributed by atoms with E-state index in [-0.39, 0.29) is 0 Å². The average Bonchev–Trinajstić information content (AvgIpc) is 2.75. The van der Waals surface area contributed by atoms with Gasteiger partial charge in [-0.2, -0.15) is 5.26 Å². The fourth-order valence-corrected chi connectivity index (χ4v) is 2.42. The number of rotatable bonds is 6. The minimum absolute atomic E-state index is 0.324. The van der Waals surface area contributed by atoms with E-state index in [4.69, 9.17) is 15.7 Å². The van der Waals surface area contributed by atoms with Gasteiger partial charge in [0.05, 0.1) is 12.2 Å². The van der Waals surface area contributed by atoms with Crippen molar-refractivity contribution in [1.29, 1.82) is 5.26 Å². The van der Waals surface area contributed by atoms with Crippen LogP contribution in [-0.4, -0.2) is 42.8 Å². The van der Waals surface area contributed by atoms with Crippen molar-refractivity contribution in [2.75, 3.05) is 20.2 Å². The van der Waals surface area contributed by atoms with Gasteiger partial charge in [-0.3, -0.25) is 0 Å². The topological polar surface area (TPSA) is 62.3 Å². The minimum Gasteiger partial charge on any atom is -0.377 e. The molecule has 1 fully saturated rings. The fourth-order valence-electron chi connectivity index (χ4n) is 2.42. The normalized spacial score (nSPS) is 28.0. The van der Waals surface area contributed by atoms with Gasteiger partial charge in [0.15, 0.2) is 0 Å². The number of ether oxygens (including phenoxy) is 1. The van der Waals surface area contributed by atoms with Crippen molar-refractivity contribution in [2.24, 2.45) is 5.73 Å². The molecule has 0 amide bonds. The molecule has 0 aromatic carbocycles. The van der Waals surface area contributed by atoms with Gasteiger partial charge >= 0.3 is 0 Å². The maximum Gasteiger partial charge on any atom is 0.104 e. The Morgan fingerprint density at radius 2 is 2.29 bits per heavy atom. The fraction of sp³-hybridized carbons (Fsp3) is 0.923. The molecule has 4 nitrogen and oxygen atoms in total. The number of hydrogen-bond donors (Lipinski definition) is 1. The molecule has 17 heavy (non-hydrogen) atoms. The van der Waals surface area contributed by atoms with Crippen LogP contribution in [0.4, 0.5) is 0 Å². The van der Waals surface area contributed by atoms with E-state index in [1.807, 2.05) is 6.92 Å². The molecule has 0 aliphatic carbocycles. The third kappa shape index (κ3) is 3.95. The Labute approximate surface area is 105 Å². The summed E-state index contributed by atoms with van der Waals surface area (Å²) in [5.74, 6) is 0. The van der Waals surface area contributed by atoms with Crippen molar-refractivity contribution in [2.45, 2.75) is 57.2 Å². The number of nitriles is 1. The SMILES string of the molecule is CCC(N)(C#N)CCCN(C)C1CCOC1C. The zero-order valence-corrected chi connectivity index (χ0v) is 11.3. The third-order valence-electron chi connectivity index (χ3n) is 3.89. The molecule has 1 rings (SSSR count). The van der Waals surface area contributed by atoms with Gasteiger partial charge in [0, 0.05) is 12.6 Å². The molecule has 2 N–H and O–H groups in total. The Bertz CT molecular complexity index is 276. The molecule has 0 spiro atoms. The predicted molar refractivity (Wildman–Crippen MR) is 68.5 cm³/mol. The number of nitrogens with zero attached hydrogens (tertiary/aromatic N) is 2. The van der Waals surface area contributed by atoms with Crippen molar-refractivity contribution >= 4 is 0 Å². The van der Waals surface area contributed by atoms with Crippen LogP contribution in [0.25, 0.3) is 0 Å². The number of likely N-dealkylation sites (N-methyl/N-ethyl adjacent to an activating group) is 1. The molecule has 4 heteroatoms. The van der Waals surface area contributed by atoms with E-state index >= 15 is 0 Å². The minimum atomic E-state index is -0.640. The van der Waals surface area contributed by atoms with Crippen molar-refractivity contribution in [3.63, 3.8) is 0 Å². The quantitative estimate of drug-likeness (QED) is 0.763. The standard InChI is InChI=1S/C13H25N3O/c1-4-13(15,10-14)7-5-8-16(3)12-6-9-17-11(12)2/h11-12H,4-9,15H2,1-3H3. The van der Waals surface area contributed by atoms with Crippen molar-refractivity contribution in [1.82, 2.24) is 4.90 Å². The highest BCUT2D eigenvalue weighted by atomic mass is 16.5. The smallest absolute Gasteiger partial charge is 0.104 e. The second-order valence-corrected chi connectivity index (χ2v) is 5.14. The first kappa shape index (κ1) is 14.4. The van der Waals surface area contributed by atoms with E-state index in [1.54, 1.807) is 0 Å². The highest BCUT2D eigenvalue weighted by molar-refractivity contribution is 5.03. The molecule has 0 saturated carbocycles. The molecule has 3 unspecified atom stereocenters. The van der Waals surface area contributed by atoms with Crippen LogP contribution in [0.3, 0.4) is 0 Å². The van der Waals surface area contributed by atoms with Crippen molar-refractivity contribution in [3.05, 3.63) is 0 Å². The summed E-state index contributed by atoms with van der Waals surface area (Å²) in [5.41, 5.74) is 5.32. The summed E-state index contributed by atoms with van der Waals surface area (Å²) in [7, 11) is 2.13. The van der Waals surface area contributed by atoms with Gasteiger partial charge in [0.25, 0.3) is 0 Å². The Kier molecular flexibility index (Phi) is 5.38. The summed E-state index contributed by atoms with van der Waals surface area (Å²) in [4.78, 5) is 2.34. The summed E-state index contributed by atoms with van der Waals surface area (Å²) in [6, 6.07) is 2.73. The summed E-state index contributed by atoms with van der Waals surface area (Å²) >= 11 is 0. The van der Waals surface area contributed by atoms with E-state index in [0.717, 1.165) is 38.8 Å². The van der Waals surface area contributed by atoms with E-state index in [2.05, 4.69) is 24.9 Å². The van der Waals surface area contributed by atoms with Crippen LogP contribution in [0.15, 0.2) is 0 Å². The van der Waals surface area contributed by atoms with E-state index in [9.17, 15) is 0 Å². The number of nitrogens with two attached hydrogens (primary N) is 1. The molecule has 0 bridgehead atoms. The summed E-state index contributed by atoms with van der Waals surface area (Å²) in [6.07, 6.45) is 3.89. The molecule has 98 valence electrons. The molecule has 1 saturated heterocycles. The molecule has 3 atom stereocenters. The van der Waals surface area contributed by atoms with Crippen molar-refractivity contribution in [3.8, 4) is 6.07 Å². The van der Waals surface area contributed by atoms with Gasteiger partial charge in [0.2, 0.25) is 0 Å². The van der Waals surface area contributed by atoms with Gasteiger partial charge in [-0.15, -0.1) is 0 Å². The Morgan fingerprint density at radius 1 is 1.59 bits per heavy atom. The van der Waals surface area contributed by atoms with Crippen LogP contribution in [0.1, 0.15) is 39.5 Å². The lowest BCUT2D eigenvalue weighted by Crippen LogP contribution is -2.40. The van der Waals surface area contributed by atoms with Gasteiger partial charge < -0.3 is 15.4 Å². The van der Waals surface area contributed by atoms with Crippen LogP contribution >= 0.6 is 0 Å². The van der Waals surface area contributed by atoms with Gasteiger partial charge in [0.1, 0.15) is 5.54 Å². The zero-order chi connectivity index (χ0) is 12.9. The van der Waals surface area contributed by atoms with E-state index < -0.39 is 5.54 Å². The second-order valence-electron chi connectivity index (χ2n) is 5.14. The summed E-state index contributed by atoms with van der Waals surface area (Å²) in [5, 5.41) is 9.00. The maximum absolute atomic E-state index is 9.00. The van der Waals surface area contributed by atoms with Gasteiger partial charge in [-0.25, -0.2) is 0 Å². The van der Waals surface area contributed by atoms with E-state index in [0.29, 0.717) is 12.1 Å². The molecule has 0 aromatic heterocycles. The Balaban J connectivity index is 2.29. The lowest BCUT2D eigenvalue weighted by molar-refractivity contribution is 0.0828. The van der Waals surface area contributed by atoms with Crippen LogP contribution in [0, 0.1) is 11.3 Å². The van der Waals surface area contributed by atoms with E-state index in [1.165, 1.54) is 0 Å². The zero-order valence-electron chi connectivity index (χ0n) is 11.3. The molecular weight excluding hydrogens is 214 g/mol. The lowest BCUT2D eigenvalue weighted by Gasteiger charge is -2.28. The molecule has 1 aliphatic heterocycles. The monoisotopic (exact) mass is 239 g/mol. The van der Waals surface area contributed by atoms with Crippen molar-refractivity contribution < 1.29 is 4.74 Å². The largest absolute Gasteiger partial charge is 0.377 e. The first-order valence-electron chi connectivity index (χ1n) is 6.54. The maximum atomic E-state index is 9.00.